The highest BCUT2D eigenvalue weighted by Gasteiger charge is 2.14. The first-order chi connectivity index (χ1) is 10.1. The molecule has 2 rings (SSSR count). The Labute approximate surface area is 131 Å². The van der Waals surface area contributed by atoms with E-state index in [1.807, 2.05) is 0 Å². The van der Waals surface area contributed by atoms with Crippen molar-refractivity contribution in [3.63, 3.8) is 0 Å². The van der Waals surface area contributed by atoms with Crippen LogP contribution in [-0.4, -0.2) is 19.1 Å². The van der Waals surface area contributed by atoms with Gasteiger partial charge in [0.05, 0.1) is 10.7 Å². The highest BCUT2D eigenvalue weighted by molar-refractivity contribution is 6.34. The molecule has 1 amide bonds. The van der Waals surface area contributed by atoms with E-state index in [9.17, 15) is 4.79 Å². The molecule has 0 unspecified atom stereocenters. The number of nitrogen functional groups attached to an aromatic ring is 1. The summed E-state index contributed by atoms with van der Waals surface area (Å²) in [4.78, 5) is 11.8. The Morgan fingerprint density at radius 1 is 1.38 bits per heavy atom. The molecular weight excluding hydrogens is 288 g/mol. The average Bonchev–Trinajstić information content (AvgIpc) is 2.95. The molecule has 0 atom stereocenters. The summed E-state index contributed by atoms with van der Waals surface area (Å²) < 4.78 is 5.64. The standard InChI is InChI=1S/C16H23ClN2O2/c17-14-10-13(18)7-8-15(14)19-16(20)6-3-9-21-11-12-4-1-2-5-12/h7-8,10,12H,1-6,9,11,18H2,(H,19,20). The average molecular weight is 311 g/mol. The van der Waals surface area contributed by atoms with Crippen LogP contribution in [0.4, 0.5) is 11.4 Å². The van der Waals surface area contributed by atoms with Gasteiger partial charge >= 0.3 is 0 Å². The summed E-state index contributed by atoms with van der Waals surface area (Å²) in [6.07, 6.45) is 6.40. The van der Waals surface area contributed by atoms with E-state index in [0.29, 0.717) is 29.4 Å². The van der Waals surface area contributed by atoms with Crippen molar-refractivity contribution in [3.8, 4) is 0 Å². The van der Waals surface area contributed by atoms with Crippen LogP contribution in [0.1, 0.15) is 38.5 Å². The van der Waals surface area contributed by atoms with E-state index < -0.39 is 0 Å². The number of nitrogens with one attached hydrogen (secondary N) is 1. The van der Waals surface area contributed by atoms with Gasteiger partial charge in [0, 0.05) is 25.3 Å². The number of carbonyl (C=O) groups is 1. The van der Waals surface area contributed by atoms with Crippen LogP contribution in [0.25, 0.3) is 0 Å². The number of hydrogen-bond donors (Lipinski definition) is 2. The molecule has 0 aliphatic heterocycles. The van der Waals surface area contributed by atoms with Gasteiger partial charge < -0.3 is 15.8 Å². The minimum absolute atomic E-state index is 0.0499. The molecule has 1 aromatic rings. The Bertz CT molecular complexity index is 473. The number of benzene rings is 1. The molecule has 1 aliphatic carbocycles. The molecule has 4 nitrogen and oxygen atoms in total. The molecule has 5 heteroatoms. The maximum atomic E-state index is 11.8. The zero-order chi connectivity index (χ0) is 15.1. The summed E-state index contributed by atoms with van der Waals surface area (Å²) in [7, 11) is 0. The first kappa shape index (κ1) is 16.1. The first-order valence-corrected chi connectivity index (χ1v) is 7.95. The number of nitrogens with two attached hydrogens (primary N) is 1. The van der Waals surface area contributed by atoms with Crippen molar-refractivity contribution >= 4 is 28.9 Å². The summed E-state index contributed by atoms with van der Waals surface area (Å²) >= 11 is 6.01. The highest BCUT2D eigenvalue weighted by atomic mass is 35.5. The first-order valence-electron chi connectivity index (χ1n) is 7.58. The van der Waals surface area contributed by atoms with Gasteiger partial charge in [0.1, 0.15) is 0 Å². The van der Waals surface area contributed by atoms with Gasteiger partial charge in [0.15, 0.2) is 0 Å². The molecular formula is C16H23ClN2O2. The molecule has 0 radical (unpaired) electrons. The molecule has 0 saturated heterocycles. The number of carbonyl (C=O) groups excluding carboxylic acids is 1. The minimum atomic E-state index is -0.0499. The molecule has 21 heavy (non-hydrogen) atoms. The lowest BCUT2D eigenvalue weighted by molar-refractivity contribution is -0.116. The summed E-state index contributed by atoms with van der Waals surface area (Å²) in [6.45, 7) is 1.48. The maximum absolute atomic E-state index is 11.8. The lowest BCUT2D eigenvalue weighted by Crippen LogP contribution is -2.13. The van der Waals surface area contributed by atoms with Gasteiger partial charge in [0.25, 0.3) is 0 Å². The predicted molar refractivity (Wildman–Crippen MR) is 86.5 cm³/mol. The third-order valence-electron chi connectivity index (χ3n) is 3.79. The fraction of sp³-hybridized carbons (Fsp3) is 0.562. The van der Waals surface area contributed by atoms with Crippen LogP contribution in [0, 0.1) is 5.92 Å². The molecule has 1 fully saturated rings. The van der Waals surface area contributed by atoms with Gasteiger partial charge in [-0.05, 0) is 43.4 Å². The van der Waals surface area contributed by atoms with E-state index >= 15 is 0 Å². The second-order valence-electron chi connectivity index (χ2n) is 5.62. The van der Waals surface area contributed by atoms with E-state index in [-0.39, 0.29) is 5.91 Å². The van der Waals surface area contributed by atoms with Gasteiger partial charge in [-0.25, -0.2) is 0 Å². The van der Waals surface area contributed by atoms with Crippen molar-refractivity contribution in [1.29, 1.82) is 0 Å². The molecule has 1 saturated carbocycles. The molecule has 116 valence electrons. The zero-order valence-electron chi connectivity index (χ0n) is 12.2. The summed E-state index contributed by atoms with van der Waals surface area (Å²) in [5.41, 5.74) is 6.79. The SMILES string of the molecule is Nc1ccc(NC(=O)CCCOCC2CCCC2)c(Cl)c1. The van der Waals surface area contributed by atoms with Crippen molar-refractivity contribution in [2.45, 2.75) is 38.5 Å². The summed E-state index contributed by atoms with van der Waals surface area (Å²) in [6, 6.07) is 5.06. The molecule has 3 N–H and O–H groups in total. The van der Waals surface area contributed by atoms with Crippen LogP contribution >= 0.6 is 11.6 Å². The van der Waals surface area contributed by atoms with Gasteiger partial charge in [-0.15, -0.1) is 0 Å². The quantitative estimate of drug-likeness (QED) is 0.594. The fourth-order valence-electron chi connectivity index (χ4n) is 2.61. The van der Waals surface area contributed by atoms with Gasteiger partial charge in [-0.3, -0.25) is 4.79 Å². The van der Waals surface area contributed by atoms with Gasteiger partial charge in [0.2, 0.25) is 5.91 Å². The van der Waals surface area contributed by atoms with E-state index in [4.69, 9.17) is 22.1 Å². The topological polar surface area (TPSA) is 64.3 Å². The second-order valence-corrected chi connectivity index (χ2v) is 6.02. The van der Waals surface area contributed by atoms with Crippen molar-refractivity contribution < 1.29 is 9.53 Å². The fourth-order valence-corrected chi connectivity index (χ4v) is 2.84. The van der Waals surface area contributed by atoms with E-state index in [2.05, 4.69) is 5.32 Å². The Hall–Kier alpha value is -1.26. The zero-order valence-corrected chi connectivity index (χ0v) is 13.0. The maximum Gasteiger partial charge on any atom is 0.224 e. The highest BCUT2D eigenvalue weighted by Crippen LogP contribution is 2.25. The number of anilines is 2. The molecule has 0 aromatic heterocycles. The van der Waals surface area contributed by atoms with E-state index in [1.54, 1.807) is 18.2 Å². The van der Waals surface area contributed by atoms with Gasteiger partial charge in [-0.2, -0.15) is 0 Å². The van der Waals surface area contributed by atoms with Crippen LogP contribution in [0.15, 0.2) is 18.2 Å². The van der Waals surface area contributed by atoms with Gasteiger partial charge in [-0.1, -0.05) is 24.4 Å². The third kappa shape index (κ3) is 5.56. The second kappa shape index (κ2) is 8.25. The Kier molecular flexibility index (Phi) is 6.33. The third-order valence-corrected chi connectivity index (χ3v) is 4.10. The van der Waals surface area contributed by atoms with Crippen LogP contribution < -0.4 is 11.1 Å². The summed E-state index contributed by atoms with van der Waals surface area (Å²) in [5.74, 6) is 0.679. The van der Waals surface area contributed by atoms with Crippen LogP contribution in [0.3, 0.4) is 0 Å². The van der Waals surface area contributed by atoms with Crippen molar-refractivity contribution in [1.82, 2.24) is 0 Å². The minimum Gasteiger partial charge on any atom is -0.399 e. The predicted octanol–water partition coefficient (Wildman–Crippen LogP) is 3.85. The number of hydrogen-bond acceptors (Lipinski definition) is 3. The Morgan fingerprint density at radius 2 is 2.14 bits per heavy atom. The van der Waals surface area contributed by atoms with Crippen LogP contribution in [0.5, 0.6) is 0 Å². The molecule has 1 aliphatic rings. The van der Waals surface area contributed by atoms with Crippen LogP contribution in [0.2, 0.25) is 5.02 Å². The molecule has 1 aromatic carbocycles. The normalized spacial score (nSPS) is 15.3. The Morgan fingerprint density at radius 3 is 2.86 bits per heavy atom. The smallest absolute Gasteiger partial charge is 0.224 e. The van der Waals surface area contributed by atoms with Crippen molar-refractivity contribution in [2.75, 3.05) is 24.3 Å². The largest absolute Gasteiger partial charge is 0.399 e. The van der Waals surface area contributed by atoms with E-state index in [1.165, 1.54) is 25.7 Å². The Balaban J connectivity index is 1.60. The number of amides is 1. The lowest BCUT2D eigenvalue weighted by atomic mass is 10.1. The monoisotopic (exact) mass is 310 g/mol. The lowest BCUT2D eigenvalue weighted by Gasteiger charge is -2.10. The van der Waals surface area contributed by atoms with Crippen molar-refractivity contribution in [2.24, 2.45) is 5.92 Å². The number of rotatable bonds is 7. The molecule has 0 heterocycles. The number of halogens is 1. The number of ether oxygens (including phenoxy) is 1. The molecule has 0 bridgehead atoms. The van der Waals surface area contributed by atoms with E-state index in [0.717, 1.165) is 18.9 Å². The summed E-state index contributed by atoms with van der Waals surface area (Å²) in [5, 5.41) is 3.25. The van der Waals surface area contributed by atoms with Crippen LogP contribution in [-0.2, 0) is 9.53 Å². The molecule has 0 spiro atoms. The van der Waals surface area contributed by atoms with Crippen molar-refractivity contribution in [3.05, 3.63) is 23.2 Å².